The lowest BCUT2D eigenvalue weighted by atomic mass is 10.0. The molecule has 176 valence electrons. The molecule has 1 unspecified atom stereocenters. The van der Waals surface area contributed by atoms with Crippen LogP contribution >= 0.6 is 0 Å². The second-order valence-electron chi connectivity index (χ2n) is 7.82. The molecule has 3 aromatic rings. The van der Waals surface area contributed by atoms with Gasteiger partial charge in [-0.1, -0.05) is 6.07 Å². The topological polar surface area (TPSA) is 129 Å². The van der Waals surface area contributed by atoms with Gasteiger partial charge in [0.25, 0.3) is 11.8 Å². The number of H-pyrrole nitrogens is 1. The Labute approximate surface area is 194 Å². The van der Waals surface area contributed by atoms with Crippen LogP contribution in [0, 0.1) is 5.82 Å². The van der Waals surface area contributed by atoms with Gasteiger partial charge in [0.2, 0.25) is 0 Å². The quantitative estimate of drug-likeness (QED) is 0.390. The maximum absolute atomic E-state index is 14.4. The molecule has 10 nitrogen and oxygen atoms in total. The molecule has 0 fully saturated rings. The summed E-state index contributed by atoms with van der Waals surface area (Å²) >= 11 is 0. The minimum atomic E-state index is -0.756. The van der Waals surface area contributed by atoms with Crippen molar-refractivity contribution in [3.05, 3.63) is 47.5 Å². The number of carbonyl (C=O) groups excluding carboxylic acids is 2. The number of halogens is 1. The van der Waals surface area contributed by atoms with Crippen molar-refractivity contribution >= 4 is 29.0 Å². The number of methoxy groups -OCH3 is 1. The van der Waals surface area contributed by atoms with Crippen LogP contribution < -0.4 is 30.7 Å². The van der Waals surface area contributed by atoms with Crippen LogP contribution in [0.1, 0.15) is 16.1 Å². The number of ether oxygens (including phenoxy) is 2. The van der Waals surface area contributed by atoms with E-state index < -0.39 is 11.9 Å². The predicted octanol–water partition coefficient (Wildman–Crippen LogP) is 2.17. The predicted molar refractivity (Wildman–Crippen MR) is 123 cm³/mol. The number of nitrogens with zero attached hydrogens (tertiary/aromatic N) is 1. The lowest BCUT2D eigenvalue weighted by molar-refractivity contribution is -0.127. The molecule has 0 saturated heterocycles. The van der Waals surface area contributed by atoms with Gasteiger partial charge in [0.05, 0.1) is 36.3 Å². The first kappa shape index (κ1) is 21.6. The monoisotopic (exact) mass is 466 g/mol. The molecule has 2 aliphatic rings. The minimum absolute atomic E-state index is 0.0222. The van der Waals surface area contributed by atoms with E-state index >= 15 is 0 Å². The number of anilines is 3. The van der Waals surface area contributed by atoms with Crippen LogP contribution in [-0.2, 0) is 11.2 Å². The summed E-state index contributed by atoms with van der Waals surface area (Å²) in [6.45, 7) is 0.748. The maximum atomic E-state index is 14.4. The Morgan fingerprint density at radius 2 is 2.15 bits per heavy atom. The molecule has 5 N–H and O–H groups in total. The fourth-order valence-corrected chi connectivity index (χ4v) is 4.23. The highest BCUT2D eigenvalue weighted by Gasteiger charge is 2.32. The van der Waals surface area contributed by atoms with Crippen molar-refractivity contribution in [1.82, 2.24) is 20.6 Å². The number of nitrogens with one attached hydrogen (secondary N) is 5. The highest BCUT2D eigenvalue weighted by Crippen LogP contribution is 2.44. The molecule has 11 heteroatoms. The molecule has 0 aliphatic carbocycles. The number of hydrogen-bond donors (Lipinski definition) is 5. The van der Waals surface area contributed by atoms with Gasteiger partial charge in [-0.3, -0.25) is 9.59 Å². The standard InChI is InChI=1S/C23H23FN6O4/c1-25-22(31)15-10-28-21-19(34-15)11(6-8-26-21)17-18(16-13(29-17)7-9-27-23(16)32)30-14-5-3-4-12(24)20(14)33-2/h3-6,8,15,29-30H,7,9-10H2,1-2H3,(H,25,31)(H,26,28)(H,27,32). The lowest BCUT2D eigenvalue weighted by Gasteiger charge is -2.27. The van der Waals surface area contributed by atoms with Crippen molar-refractivity contribution in [3.8, 4) is 22.8 Å². The van der Waals surface area contributed by atoms with Gasteiger partial charge in [0, 0.05) is 37.5 Å². The normalized spacial score (nSPS) is 16.3. The van der Waals surface area contributed by atoms with Crippen molar-refractivity contribution in [2.45, 2.75) is 12.5 Å². The Bertz CT molecular complexity index is 1290. The van der Waals surface area contributed by atoms with E-state index in [1.165, 1.54) is 20.2 Å². The SMILES string of the molecule is CNC(=O)C1CNc2nccc(-c3[nH]c4c(c3Nc3cccc(F)c3OC)C(=O)NCC4)c2O1. The third kappa shape index (κ3) is 3.54. The smallest absolute Gasteiger partial charge is 0.262 e. The third-order valence-electron chi connectivity index (χ3n) is 5.82. The first-order valence-corrected chi connectivity index (χ1v) is 10.8. The van der Waals surface area contributed by atoms with E-state index in [2.05, 4.69) is 31.2 Å². The first-order valence-electron chi connectivity index (χ1n) is 10.8. The van der Waals surface area contributed by atoms with Crippen molar-refractivity contribution in [2.75, 3.05) is 37.9 Å². The van der Waals surface area contributed by atoms with Gasteiger partial charge >= 0.3 is 0 Å². The molecule has 34 heavy (non-hydrogen) atoms. The molecule has 2 aromatic heterocycles. The number of rotatable bonds is 5. The molecular formula is C23H23FN6O4. The summed E-state index contributed by atoms with van der Waals surface area (Å²) in [7, 11) is 2.92. The van der Waals surface area contributed by atoms with E-state index in [9.17, 15) is 14.0 Å². The van der Waals surface area contributed by atoms with Crippen LogP contribution in [0.4, 0.5) is 21.6 Å². The third-order valence-corrected chi connectivity index (χ3v) is 5.82. The zero-order valence-corrected chi connectivity index (χ0v) is 18.5. The van der Waals surface area contributed by atoms with Crippen LogP contribution in [0.25, 0.3) is 11.3 Å². The molecule has 5 rings (SSSR count). The van der Waals surface area contributed by atoms with E-state index in [-0.39, 0.29) is 24.1 Å². The Morgan fingerprint density at radius 1 is 1.29 bits per heavy atom. The minimum Gasteiger partial charge on any atom is -0.492 e. The van der Waals surface area contributed by atoms with Crippen molar-refractivity contribution in [1.29, 1.82) is 0 Å². The van der Waals surface area contributed by atoms with E-state index in [4.69, 9.17) is 9.47 Å². The number of hydrogen-bond acceptors (Lipinski definition) is 7. The number of para-hydroxylation sites is 1. The Balaban J connectivity index is 1.67. The number of aromatic amines is 1. The van der Waals surface area contributed by atoms with Gasteiger partial charge in [0.15, 0.2) is 29.2 Å². The van der Waals surface area contributed by atoms with Crippen LogP contribution in [0.15, 0.2) is 30.5 Å². The van der Waals surface area contributed by atoms with E-state index in [0.29, 0.717) is 52.7 Å². The molecule has 4 heterocycles. The zero-order chi connectivity index (χ0) is 23.8. The van der Waals surface area contributed by atoms with Gasteiger partial charge in [0.1, 0.15) is 0 Å². The number of benzene rings is 1. The van der Waals surface area contributed by atoms with Crippen LogP contribution in [0.3, 0.4) is 0 Å². The van der Waals surface area contributed by atoms with Gasteiger partial charge in [-0.2, -0.15) is 0 Å². The molecule has 0 saturated carbocycles. The summed E-state index contributed by atoms with van der Waals surface area (Å²) < 4.78 is 25.6. The fourth-order valence-electron chi connectivity index (χ4n) is 4.23. The van der Waals surface area contributed by atoms with Crippen molar-refractivity contribution < 1.29 is 23.5 Å². The molecular weight excluding hydrogens is 443 g/mol. The molecule has 2 amide bonds. The number of likely N-dealkylation sites (N-methyl/N-ethyl adjacent to an activating group) is 1. The molecule has 1 aromatic carbocycles. The highest BCUT2D eigenvalue weighted by atomic mass is 19.1. The first-order chi connectivity index (χ1) is 16.5. The maximum Gasteiger partial charge on any atom is 0.262 e. The number of amides is 2. The average Bonchev–Trinajstić information content (AvgIpc) is 3.22. The average molecular weight is 466 g/mol. The molecule has 0 spiro atoms. The Kier molecular flexibility index (Phi) is 5.44. The van der Waals surface area contributed by atoms with Gasteiger partial charge in [-0.15, -0.1) is 0 Å². The van der Waals surface area contributed by atoms with Crippen LogP contribution in [-0.4, -0.2) is 55.1 Å². The Morgan fingerprint density at radius 3 is 2.94 bits per heavy atom. The van der Waals surface area contributed by atoms with Crippen molar-refractivity contribution in [2.24, 2.45) is 0 Å². The number of pyridine rings is 1. The Hall–Kier alpha value is -4.28. The summed E-state index contributed by atoms with van der Waals surface area (Å²) in [5.41, 5.74) is 3.08. The van der Waals surface area contributed by atoms with Crippen LogP contribution in [0.5, 0.6) is 11.5 Å². The highest BCUT2D eigenvalue weighted by molar-refractivity contribution is 6.07. The largest absolute Gasteiger partial charge is 0.492 e. The fraction of sp³-hybridized carbons (Fsp3) is 0.261. The summed E-state index contributed by atoms with van der Waals surface area (Å²) in [6.07, 6.45) is 1.44. The zero-order valence-electron chi connectivity index (χ0n) is 18.5. The van der Waals surface area contributed by atoms with Gasteiger partial charge in [-0.05, 0) is 18.2 Å². The summed E-state index contributed by atoms with van der Waals surface area (Å²) in [5, 5.41) is 11.7. The van der Waals surface area contributed by atoms with E-state index in [1.54, 1.807) is 24.4 Å². The number of aromatic nitrogens is 2. The molecule has 1 atom stereocenters. The number of fused-ring (bicyclic) bond motifs is 2. The van der Waals surface area contributed by atoms with Crippen molar-refractivity contribution in [3.63, 3.8) is 0 Å². The van der Waals surface area contributed by atoms with Gasteiger partial charge in [-0.25, -0.2) is 9.37 Å². The lowest BCUT2D eigenvalue weighted by Crippen LogP contribution is -2.43. The summed E-state index contributed by atoms with van der Waals surface area (Å²) in [4.78, 5) is 32.7. The number of carbonyl (C=O) groups is 2. The van der Waals surface area contributed by atoms with Crippen LogP contribution in [0.2, 0.25) is 0 Å². The van der Waals surface area contributed by atoms with E-state index in [0.717, 1.165) is 5.69 Å². The molecule has 2 aliphatic heterocycles. The summed E-state index contributed by atoms with van der Waals surface area (Å²) in [6, 6.07) is 6.24. The van der Waals surface area contributed by atoms with Gasteiger partial charge < -0.3 is 35.7 Å². The second-order valence-corrected chi connectivity index (χ2v) is 7.82. The molecule has 0 bridgehead atoms. The molecule has 0 radical (unpaired) electrons. The second kappa shape index (κ2) is 8.58. The summed E-state index contributed by atoms with van der Waals surface area (Å²) in [5.74, 6) is -0.202. The van der Waals surface area contributed by atoms with E-state index in [1.807, 2.05) is 0 Å².